The summed E-state index contributed by atoms with van der Waals surface area (Å²) in [5.41, 5.74) is 23.9. The van der Waals surface area contributed by atoms with Gasteiger partial charge in [-0.25, -0.2) is 14.4 Å². The van der Waals surface area contributed by atoms with Crippen molar-refractivity contribution >= 4 is 17.9 Å². The second kappa shape index (κ2) is 19.5. The molecule has 0 saturated carbocycles. The molecule has 344 valence electrons. The van der Waals surface area contributed by atoms with Gasteiger partial charge in [0, 0.05) is 73.2 Å². The van der Waals surface area contributed by atoms with E-state index in [4.69, 9.17) is 38.0 Å². The topological polar surface area (TPSA) is 219 Å². The van der Waals surface area contributed by atoms with E-state index in [1.165, 1.54) is 0 Å². The van der Waals surface area contributed by atoms with Gasteiger partial charge >= 0.3 is 17.9 Å². The van der Waals surface area contributed by atoms with Crippen LogP contribution in [0.4, 0.5) is 0 Å². The highest BCUT2D eigenvalue weighted by Gasteiger charge is 2.39. The average molecular weight is 878 g/mol. The molecule has 3 heterocycles. The molecule has 3 aliphatic heterocycles. The highest BCUT2D eigenvalue weighted by atomic mass is 16.6. The first-order valence-electron chi connectivity index (χ1n) is 22.9. The molecule has 15 heteroatoms. The van der Waals surface area contributed by atoms with E-state index < -0.39 is 43.6 Å². The standard InChI is InChI=1S/C49H67N9O6/c1-47(2)20-32(40(52)37(23-47)56-14-8-9-15-56)35(26-50)44(59)62-28-31(29-63-45(60)36(27-51)33-21-48(3,4)24-38(41(33)53)57-16-10-11-17-57)30-64-46(61)43(55-7)34-22-49(5,6)25-39(42(34)54)58-18-12-13-19-58/h31H,8-25,28-30,52-54H2,1-6H3/b35-32+,36-33+,43-34-. The maximum Gasteiger partial charge on any atom is 0.349 e. The van der Waals surface area contributed by atoms with Gasteiger partial charge in [0.25, 0.3) is 5.70 Å². The molecule has 3 aliphatic carbocycles. The first-order chi connectivity index (χ1) is 30.3. The number of carbonyl (C=O) groups excluding carboxylic acids is 3. The lowest BCUT2D eigenvalue weighted by molar-refractivity contribution is -0.148. The van der Waals surface area contributed by atoms with Gasteiger partial charge < -0.3 is 46.1 Å². The van der Waals surface area contributed by atoms with E-state index in [1.54, 1.807) is 0 Å². The molecule has 3 saturated heterocycles. The Morgan fingerprint density at radius 3 is 1.17 bits per heavy atom. The minimum absolute atomic E-state index is 0.224. The lowest BCUT2D eigenvalue weighted by Crippen LogP contribution is -2.34. The third-order valence-electron chi connectivity index (χ3n) is 13.5. The van der Waals surface area contributed by atoms with Gasteiger partial charge in [-0.2, -0.15) is 10.5 Å². The number of ether oxygens (including phenoxy) is 3. The maximum absolute atomic E-state index is 13.9. The summed E-state index contributed by atoms with van der Waals surface area (Å²) in [4.78, 5) is 51.9. The monoisotopic (exact) mass is 878 g/mol. The van der Waals surface area contributed by atoms with Crippen molar-refractivity contribution in [2.75, 3.05) is 59.1 Å². The lowest BCUT2D eigenvalue weighted by Gasteiger charge is -2.38. The molecule has 0 amide bonds. The molecule has 15 nitrogen and oxygen atoms in total. The quantitative estimate of drug-likeness (QED) is 0.0644. The molecular weight excluding hydrogens is 811 g/mol. The number of nitrogens with zero attached hydrogens (tertiary/aromatic N) is 6. The van der Waals surface area contributed by atoms with Crippen molar-refractivity contribution in [3.05, 3.63) is 79.2 Å². The largest absolute Gasteiger partial charge is 0.470 e. The van der Waals surface area contributed by atoms with E-state index in [-0.39, 0.29) is 33.1 Å². The molecule has 0 radical (unpaired) electrons. The van der Waals surface area contributed by atoms with Crippen LogP contribution >= 0.6 is 0 Å². The fourth-order valence-corrected chi connectivity index (χ4v) is 10.2. The van der Waals surface area contributed by atoms with Crippen molar-refractivity contribution < 1.29 is 28.6 Å². The van der Waals surface area contributed by atoms with Gasteiger partial charge in [0.05, 0.1) is 30.5 Å². The van der Waals surface area contributed by atoms with Gasteiger partial charge in [-0.1, -0.05) is 41.5 Å². The second-order valence-electron chi connectivity index (χ2n) is 20.7. The molecule has 64 heavy (non-hydrogen) atoms. The van der Waals surface area contributed by atoms with Crippen LogP contribution in [0.3, 0.4) is 0 Å². The Balaban J connectivity index is 1.28. The third-order valence-corrected chi connectivity index (χ3v) is 13.5. The summed E-state index contributed by atoms with van der Waals surface area (Å²) in [6.45, 7) is 24.3. The number of hydrogen-bond acceptors (Lipinski definition) is 14. The summed E-state index contributed by atoms with van der Waals surface area (Å²) in [6, 6.07) is 4.09. The van der Waals surface area contributed by atoms with Crippen LogP contribution in [-0.4, -0.2) is 91.7 Å². The zero-order valence-electron chi connectivity index (χ0n) is 38.8. The Labute approximate surface area is 379 Å². The Morgan fingerprint density at radius 2 is 0.859 bits per heavy atom. The smallest absolute Gasteiger partial charge is 0.349 e. The van der Waals surface area contributed by atoms with Crippen LogP contribution in [0.15, 0.2) is 67.7 Å². The molecule has 0 spiro atoms. The minimum atomic E-state index is -0.966. The van der Waals surface area contributed by atoms with E-state index in [2.05, 4.69) is 61.1 Å². The van der Waals surface area contributed by atoms with Crippen LogP contribution in [0.1, 0.15) is 119 Å². The SMILES string of the molecule is [C-]#[N+]/C(C(=O)OCC(COC(=O)/C(C#N)=C1\CC(C)(C)CC(N2CCCC2)=C1N)COC(=O)/C(C#N)=C1\CC(C)(C)CC(N2CCCC2)=C1N)=C1/CC(C)(C)CC(N2CCCC2)=C1N. The van der Waals surface area contributed by atoms with Crippen LogP contribution in [0.2, 0.25) is 0 Å². The number of rotatable bonds is 12. The van der Waals surface area contributed by atoms with E-state index >= 15 is 0 Å². The molecule has 0 aromatic carbocycles. The highest BCUT2D eigenvalue weighted by molar-refractivity contribution is 5.95. The minimum Gasteiger partial charge on any atom is -0.470 e. The number of likely N-dealkylation sites (tertiary alicyclic amines) is 3. The molecule has 6 rings (SSSR count). The Morgan fingerprint density at radius 1 is 0.562 bits per heavy atom. The first kappa shape index (κ1) is 47.6. The molecule has 6 aliphatic rings. The van der Waals surface area contributed by atoms with Crippen molar-refractivity contribution in [2.45, 2.75) is 119 Å². The van der Waals surface area contributed by atoms with Crippen LogP contribution in [0.25, 0.3) is 4.85 Å². The van der Waals surface area contributed by atoms with Crippen molar-refractivity contribution in [1.29, 1.82) is 10.5 Å². The number of allylic oxidation sites excluding steroid dienone is 6. The molecule has 6 N–H and O–H groups in total. The normalized spacial score (nSPS) is 24.3. The van der Waals surface area contributed by atoms with Crippen LogP contribution in [-0.2, 0) is 28.6 Å². The molecule has 0 atom stereocenters. The fourth-order valence-electron chi connectivity index (χ4n) is 10.2. The predicted molar refractivity (Wildman–Crippen MR) is 240 cm³/mol. The predicted octanol–water partition coefficient (Wildman–Crippen LogP) is 6.30. The van der Waals surface area contributed by atoms with Gasteiger partial charge in [-0.05, 0) is 98.9 Å². The van der Waals surface area contributed by atoms with E-state index in [0.717, 1.165) is 94.9 Å². The molecule has 0 aromatic rings. The van der Waals surface area contributed by atoms with Crippen molar-refractivity contribution in [3.63, 3.8) is 0 Å². The maximum atomic E-state index is 13.9. The van der Waals surface area contributed by atoms with E-state index in [0.29, 0.717) is 72.3 Å². The summed E-state index contributed by atoms with van der Waals surface area (Å²) in [5.74, 6) is -3.72. The van der Waals surface area contributed by atoms with Crippen molar-refractivity contribution in [3.8, 4) is 12.1 Å². The van der Waals surface area contributed by atoms with Gasteiger partial charge in [-0.15, -0.1) is 0 Å². The summed E-state index contributed by atoms with van der Waals surface area (Å²) in [5, 5.41) is 20.8. The summed E-state index contributed by atoms with van der Waals surface area (Å²) >= 11 is 0. The lowest BCUT2D eigenvalue weighted by atomic mass is 9.74. The third kappa shape index (κ3) is 10.7. The fraction of sp³-hybridized carbons (Fsp3) is 0.633. The number of nitrogens with two attached hydrogens (primary N) is 3. The van der Waals surface area contributed by atoms with Crippen LogP contribution < -0.4 is 17.2 Å². The number of nitriles is 2. The summed E-state index contributed by atoms with van der Waals surface area (Å²) in [7, 11) is 0. The Hall–Kier alpha value is -5.88. The van der Waals surface area contributed by atoms with Gasteiger partial charge in [0.1, 0.15) is 36.5 Å². The Bertz CT molecular complexity index is 1970. The summed E-state index contributed by atoms with van der Waals surface area (Å²) in [6.07, 6.45) is 9.47. The number of hydrogen-bond donors (Lipinski definition) is 3. The number of esters is 3. The van der Waals surface area contributed by atoms with Gasteiger partial charge in [-0.3, -0.25) is 4.79 Å². The van der Waals surface area contributed by atoms with E-state index in [1.807, 2.05) is 12.1 Å². The highest BCUT2D eigenvalue weighted by Crippen LogP contribution is 2.46. The molecule has 0 unspecified atom stereocenters. The van der Waals surface area contributed by atoms with Crippen LogP contribution in [0.5, 0.6) is 0 Å². The average Bonchev–Trinajstić information content (AvgIpc) is 4.07. The summed E-state index contributed by atoms with van der Waals surface area (Å²) < 4.78 is 17.3. The van der Waals surface area contributed by atoms with Crippen molar-refractivity contribution in [1.82, 2.24) is 14.7 Å². The molecule has 0 bridgehead atoms. The van der Waals surface area contributed by atoms with Crippen LogP contribution in [0, 0.1) is 51.4 Å². The van der Waals surface area contributed by atoms with Crippen molar-refractivity contribution in [2.24, 2.45) is 39.4 Å². The zero-order chi connectivity index (χ0) is 46.6. The number of carbonyl (C=O) groups is 3. The van der Waals surface area contributed by atoms with Gasteiger partial charge in [0.15, 0.2) is 0 Å². The second-order valence-corrected chi connectivity index (χ2v) is 20.7. The Kier molecular flexibility index (Phi) is 14.5. The van der Waals surface area contributed by atoms with Gasteiger partial charge in [0.2, 0.25) is 0 Å². The first-order valence-corrected chi connectivity index (χ1v) is 22.9. The zero-order valence-corrected chi connectivity index (χ0v) is 38.8. The molecular formula is C49H67N9O6. The van der Waals surface area contributed by atoms with E-state index in [9.17, 15) is 24.9 Å². The molecule has 3 fully saturated rings. The molecule has 0 aromatic heterocycles.